The predicted molar refractivity (Wildman–Crippen MR) is 61.3 cm³/mol. The van der Waals surface area contributed by atoms with Crippen molar-refractivity contribution in [1.82, 2.24) is 4.31 Å². The van der Waals surface area contributed by atoms with E-state index in [1.54, 1.807) is 7.05 Å². The Morgan fingerprint density at radius 3 is 2.36 bits per heavy atom. The fourth-order valence-corrected chi connectivity index (χ4v) is 2.64. The highest BCUT2D eigenvalue weighted by molar-refractivity contribution is 7.89. The summed E-state index contributed by atoms with van der Waals surface area (Å²) in [5.41, 5.74) is 0. The number of unbranched alkanes of at least 4 members (excludes halogenated alkanes) is 2. The van der Waals surface area contributed by atoms with Gasteiger partial charge < -0.3 is 0 Å². The quantitative estimate of drug-likeness (QED) is 0.482. The molecule has 0 aliphatic carbocycles. The zero-order valence-corrected chi connectivity index (χ0v) is 10.6. The van der Waals surface area contributed by atoms with Crippen molar-refractivity contribution < 1.29 is 8.42 Å². The van der Waals surface area contributed by atoms with E-state index in [0.29, 0.717) is 18.8 Å². The van der Waals surface area contributed by atoms with E-state index in [9.17, 15) is 8.42 Å². The maximum absolute atomic E-state index is 11.6. The van der Waals surface area contributed by atoms with Gasteiger partial charge in [-0.05, 0) is 12.8 Å². The van der Waals surface area contributed by atoms with Crippen LogP contribution >= 0.6 is 11.6 Å². The molecule has 0 aromatic heterocycles. The second-order valence-corrected chi connectivity index (χ2v) is 5.96. The van der Waals surface area contributed by atoms with Gasteiger partial charge in [0.1, 0.15) is 0 Å². The Balaban J connectivity index is 3.89. The van der Waals surface area contributed by atoms with E-state index in [-0.39, 0.29) is 5.75 Å². The third-order valence-corrected chi connectivity index (χ3v) is 4.29. The Morgan fingerprint density at radius 1 is 1.21 bits per heavy atom. The first-order valence-corrected chi connectivity index (χ1v) is 7.19. The first-order valence-electron chi connectivity index (χ1n) is 5.04. The van der Waals surface area contributed by atoms with Gasteiger partial charge in [-0.2, -0.15) is 0 Å². The van der Waals surface area contributed by atoms with Crippen molar-refractivity contribution in [2.45, 2.75) is 32.6 Å². The van der Waals surface area contributed by atoms with E-state index in [2.05, 4.69) is 6.92 Å². The van der Waals surface area contributed by atoms with Crippen LogP contribution in [-0.2, 0) is 10.0 Å². The van der Waals surface area contributed by atoms with Gasteiger partial charge in [0.25, 0.3) is 0 Å². The van der Waals surface area contributed by atoms with Crippen LogP contribution in [0.5, 0.6) is 0 Å². The van der Waals surface area contributed by atoms with Crippen LogP contribution in [0.25, 0.3) is 0 Å². The zero-order chi connectivity index (χ0) is 11.0. The van der Waals surface area contributed by atoms with Crippen molar-refractivity contribution in [2.75, 3.05) is 25.2 Å². The van der Waals surface area contributed by atoms with Gasteiger partial charge in [0.15, 0.2) is 0 Å². The average Bonchev–Trinajstić information content (AvgIpc) is 2.15. The number of nitrogens with zero attached hydrogens (tertiary/aromatic N) is 1. The van der Waals surface area contributed by atoms with Crippen molar-refractivity contribution in [1.29, 1.82) is 0 Å². The van der Waals surface area contributed by atoms with Crippen molar-refractivity contribution in [3.8, 4) is 0 Å². The summed E-state index contributed by atoms with van der Waals surface area (Å²) < 4.78 is 24.5. The molecule has 0 unspecified atom stereocenters. The summed E-state index contributed by atoms with van der Waals surface area (Å²) >= 11 is 5.46. The molecule has 0 aliphatic rings. The van der Waals surface area contributed by atoms with Gasteiger partial charge in [0.2, 0.25) is 10.0 Å². The molecule has 0 radical (unpaired) electrons. The minimum Gasteiger partial charge on any atom is -0.212 e. The highest BCUT2D eigenvalue weighted by Gasteiger charge is 2.15. The minimum atomic E-state index is -3.05. The molecule has 0 bridgehead atoms. The van der Waals surface area contributed by atoms with E-state index in [4.69, 9.17) is 11.6 Å². The molecule has 0 saturated heterocycles. The van der Waals surface area contributed by atoms with Crippen LogP contribution in [0.1, 0.15) is 32.6 Å². The molecule has 0 aromatic carbocycles. The molecular formula is C9H20ClNO2S. The Hall–Kier alpha value is 0.200. The van der Waals surface area contributed by atoms with Crippen LogP contribution < -0.4 is 0 Å². The van der Waals surface area contributed by atoms with Gasteiger partial charge in [0, 0.05) is 19.5 Å². The van der Waals surface area contributed by atoms with Crippen LogP contribution in [-0.4, -0.2) is 37.9 Å². The Morgan fingerprint density at radius 2 is 1.86 bits per heavy atom. The van der Waals surface area contributed by atoms with Gasteiger partial charge in [-0.3, -0.25) is 0 Å². The number of halogens is 1. The van der Waals surface area contributed by atoms with Crippen molar-refractivity contribution in [3.63, 3.8) is 0 Å². The number of sulfonamides is 1. The van der Waals surface area contributed by atoms with Gasteiger partial charge in [-0.1, -0.05) is 19.8 Å². The molecule has 0 N–H and O–H groups in total. The molecule has 0 fully saturated rings. The fourth-order valence-electron chi connectivity index (χ4n) is 1.12. The summed E-state index contributed by atoms with van der Waals surface area (Å²) in [7, 11) is -1.42. The lowest BCUT2D eigenvalue weighted by Crippen LogP contribution is -2.30. The predicted octanol–water partition coefficient (Wildman–Crippen LogP) is 2.07. The fraction of sp³-hybridized carbons (Fsp3) is 1.00. The van der Waals surface area contributed by atoms with E-state index in [0.717, 1.165) is 19.3 Å². The summed E-state index contributed by atoms with van der Waals surface area (Å²) in [6.07, 6.45) is 3.65. The van der Waals surface area contributed by atoms with E-state index in [1.807, 2.05) is 0 Å². The van der Waals surface area contributed by atoms with Crippen molar-refractivity contribution >= 4 is 21.6 Å². The van der Waals surface area contributed by atoms with Gasteiger partial charge in [0.05, 0.1) is 5.75 Å². The van der Waals surface area contributed by atoms with Gasteiger partial charge >= 0.3 is 0 Å². The van der Waals surface area contributed by atoms with Gasteiger partial charge in [-0.25, -0.2) is 12.7 Å². The van der Waals surface area contributed by atoms with Crippen molar-refractivity contribution in [3.05, 3.63) is 0 Å². The molecule has 0 rings (SSSR count). The molecule has 0 atom stereocenters. The Kier molecular flexibility index (Phi) is 7.59. The smallest absolute Gasteiger partial charge is 0.212 e. The monoisotopic (exact) mass is 241 g/mol. The number of hydrogen-bond acceptors (Lipinski definition) is 2. The molecule has 0 aliphatic heterocycles. The summed E-state index contributed by atoms with van der Waals surface area (Å²) in [5.74, 6) is 0.571. The maximum atomic E-state index is 11.6. The Labute approximate surface area is 92.5 Å². The van der Waals surface area contributed by atoms with Crippen LogP contribution in [0.15, 0.2) is 0 Å². The van der Waals surface area contributed by atoms with Crippen LogP contribution in [0.3, 0.4) is 0 Å². The molecule has 0 heterocycles. The summed E-state index contributed by atoms with van der Waals surface area (Å²) in [6.45, 7) is 2.72. The van der Waals surface area contributed by atoms with Crippen LogP contribution in [0.4, 0.5) is 0 Å². The maximum Gasteiger partial charge on any atom is 0.213 e. The molecule has 14 heavy (non-hydrogen) atoms. The van der Waals surface area contributed by atoms with Crippen LogP contribution in [0.2, 0.25) is 0 Å². The Bertz CT molecular complexity index is 229. The first kappa shape index (κ1) is 14.2. The topological polar surface area (TPSA) is 37.4 Å². The highest BCUT2D eigenvalue weighted by atomic mass is 35.5. The lowest BCUT2D eigenvalue weighted by molar-refractivity contribution is 0.454. The van der Waals surface area contributed by atoms with E-state index < -0.39 is 10.0 Å². The standard InChI is InChI=1S/C9H20ClNO2S/c1-3-4-5-8-11(2)14(12,13)9-6-7-10/h3-9H2,1-2H3. The highest BCUT2D eigenvalue weighted by Crippen LogP contribution is 2.04. The molecule has 0 spiro atoms. The molecule has 5 heteroatoms. The number of rotatable bonds is 8. The molecule has 3 nitrogen and oxygen atoms in total. The second kappa shape index (κ2) is 7.49. The van der Waals surface area contributed by atoms with E-state index in [1.165, 1.54) is 4.31 Å². The SMILES string of the molecule is CCCCCN(C)S(=O)(=O)CCCCl. The molecule has 86 valence electrons. The van der Waals surface area contributed by atoms with E-state index >= 15 is 0 Å². The second-order valence-electron chi connectivity index (χ2n) is 3.39. The third-order valence-electron chi connectivity index (χ3n) is 2.09. The lowest BCUT2D eigenvalue weighted by atomic mass is 10.2. The normalized spacial score (nSPS) is 12.3. The largest absolute Gasteiger partial charge is 0.213 e. The summed E-state index contributed by atoms with van der Waals surface area (Å²) in [6, 6.07) is 0. The van der Waals surface area contributed by atoms with Gasteiger partial charge in [-0.15, -0.1) is 11.6 Å². The van der Waals surface area contributed by atoms with Crippen molar-refractivity contribution in [2.24, 2.45) is 0 Å². The van der Waals surface area contributed by atoms with Crippen LogP contribution in [0, 0.1) is 0 Å². The molecule has 0 amide bonds. The number of hydrogen-bond donors (Lipinski definition) is 0. The molecule has 0 aromatic rings. The lowest BCUT2D eigenvalue weighted by Gasteiger charge is -2.16. The summed E-state index contributed by atoms with van der Waals surface area (Å²) in [4.78, 5) is 0. The summed E-state index contributed by atoms with van der Waals surface area (Å²) in [5, 5.41) is 0. The first-order chi connectivity index (χ1) is 6.54. The molecular weight excluding hydrogens is 222 g/mol. The molecule has 0 saturated carbocycles. The minimum absolute atomic E-state index is 0.166. The number of alkyl halides is 1. The average molecular weight is 242 g/mol. The third kappa shape index (κ3) is 5.83. The zero-order valence-electron chi connectivity index (χ0n) is 9.00.